The topological polar surface area (TPSA) is 65.8 Å². The van der Waals surface area contributed by atoms with Gasteiger partial charge >= 0.3 is 0 Å². The van der Waals surface area contributed by atoms with E-state index in [1.807, 2.05) is 54.6 Å². The Hall–Kier alpha value is -3.20. The van der Waals surface area contributed by atoms with E-state index in [4.69, 9.17) is 16.6 Å². The average Bonchev–Trinajstić information content (AvgIpc) is 3.19. The summed E-state index contributed by atoms with van der Waals surface area (Å²) in [7, 11) is 0. The van der Waals surface area contributed by atoms with Crippen molar-refractivity contribution in [3.8, 4) is 17.3 Å². The van der Waals surface area contributed by atoms with Gasteiger partial charge in [-0.25, -0.2) is 4.98 Å². The van der Waals surface area contributed by atoms with Crippen molar-refractivity contribution in [1.82, 2.24) is 4.98 Å². The van der Waals surface area contributed by atoms with Crippen molar-refractivity contribution in [2.24, 2.45) is 11.3 Å². The highest BCUT2D eigenvalue weighted by molar-refractivity contribution is 7.16. The second-order valence-corrected chi connectivity index (χ2v) is 11.7. The third-order valence-corrected chi connectivity index (χ3v) is 8.35. The Morgan fingerprint density at radius 1 is 1.17 bits per heavy atom. The fourth-order valence-corrected chi connectivity index (χ4v) is 6.23. The van der Waals surface area contributed by atoms with E-state index in [9.17, 15) is 10.1 Å². The van der Waals surface area contributed by atoms with E-state index in [0.29, 0.717) is 32.8 Å². The second kappa shape index (κ2) is 9.11. The number of para-hydroxylation sites is 1. The molecule has 0 fully saturated rings. The van der Waals surface area contributed by atoms with E-state index in [1.54, 1.807) is 11.3 Å². The number of aromatic nitrogens is 1. The maximum atomic E-state index is 13.6. The van der Waals surface area contributed by atoms with Gasteiger partial charge in [0, 0.05) is 20.8 Å². The summed E-state index contributed by atoms with van der Waals surface area (Å²) in [6, 6.07) is 19.2. The number of benzene rings is 2. The summed E-state index contributed by atoms with van der Waals surface area (Å²) in [5, 5.41) is 15.1. The van der Waals surface area contributed by atoms with Crippen LogP contribution in [0.1, 0.15) is 53.6 Å². The minimum atomic E-state index is -0.235. The molecule has 6 heteroatoms. The Kier molecular flexibility index (Phi) is 6.13. The minimum Gasteiger partial charge on any atom is -0.312 e. The summed E-state index contributed by atoms with van der Waals surface area (Å²) in [5.41, 5.74) is 4.78. The Balaban J connectivity index is 1.53. The number of amides is 1. The second-order valence-electron chi connectivity index (χ2n) is 10.2. The Morgan fingerprint density at radius 3 is 2.63 bits per heavy atom. The van der Waals surface area contributed by atoms with Crippen LogP contribution in [0.4, 0.5) is 5.00 Å². The van der Waals surface area contributed by atoms with Crippen LogP contribution in [0, 0.1) is 22.7 Å². The Labute approximate surface area is 214 Å². The summed E-state index contributed by atoms with van der Waals surface area (Å²) >= 11 is 7.61. The summed E-state index contributed by atoms with van der Waals surface area (Å²) in [6.07, 6.45) is 2.90. The number of anilines is 1. The molecule has 176 valence electrons. The van der Waals surface area contributed by atoms with Gasteiger partial charge in [0.1, 0.15) is 11.1 Å². The fraction of sp³-hybridized carbons (Fsp3) is 0.276. The normalized spacial score (nSPS) is 15.5. The largest absolute Gasteiger partial charge is 0.312 e. The summed E-state index contributed by atoms with van der Waals surface area (Å²) in [6.45, 7) is 6.82. The van der Waals surface area contributed by atoms with Crippen LogP contribution in [0.5, 0.6) is 0 Å². The van der Waals surface area contributed by atoms with E-state index in [1.165, 1.54) is 4.88 Å². The predicted octanol–water partition coefficient (Wildman–Crippen LogP) is 7.89. The van der Waals surface area contributed by atoms with E-state index in [-0.39, 0.29) is 11.3 Å². The lowest BCUT2D eigenvalue weighted by Gasteiger charge is -2.33. The number of carbonyl (C=O) groups excluding carboxylic acids is 1. The van der Waals surface area contributed by atoms with Gasteiger partial charge in [-0.05, 0) is 60.4 Å². The van der Waals surface area contributed by atoms with Crippen molar-refractivity contribution < 1.29 is 4.79 Å². The van der Waals surface area contributed by atoms with E-state index in [2.05, 4.69) is 32.2 Å². The summed E-state index contributed by atoms with van der Waals surface area (Å²) in [4.78, 5) is 19.6. The smallest absolute Gasteiger partial charge is 0.257 e. The lowest BCUT2D eigenvalue weighted by Crippen LogP contribution is -2.26. The van der Waals surface area contributed by atoms with E-state index >= 15 is 0 Å². The maximum absolute atomic E-state index is 13.6. The van der Waals surface area contributed by atoms with Crippen molar-refractivity contribution in [1.29, 1.82) is 5.26 Å². The number of nitriles is 1. The molecule has 4 aromatic rings. The number of thiophene rings is 1. The number of nitrogens with one attached hydrogen (secondary N) is 1. The molecule has 2 heterocycles. The lowest BCUT2D eigenvalue weighted by molar-refractivity contribution is 0.102. The minimum absolute atomic E-state index is 0.214. The van der Waals surface area contributed by atoms with Crippen molar-refractivity contribution >= 4 is 44.7 Å². The van der Waals surface area contributed by atoms with Gasteiger partial charge in [-0.1, -0.05) is 62.7 Å². The molecular formula is C29H26ClN3OS. The molecule has 5 rings (SSSR count). The van der Waals surface area contributed by atoms with Gasteiger partial charge in [0.05, 0.1) is 22.3 Å². The number of halogens is 1. The maximum Gasteiger partial charge on any atom is 0.257 e. The van der Waals surface area contributed by atoms with Gasteiger partial charge in [0.2, 0.25) is 0 Å². The first-order valence-corrected chi connectivity index (χ1v) is 13.0. The van der Waals surface area contributed by atoms with Crippen LogP contribution < -0.4 is 5.32 Å². The lowest BCUT2D eigenvalue weighted by atomic mass is 9.72. The van der Waals surface area contributed by atoms with Gasteiger partial charge in [-0.2, -0.15) is 5.26 Å². The van der Waals surface area contributed by atoms with Crippen LogP contribution in [0.15, 0.2) is 54.6 Å². The summed E-state index contributed by atoms with van der Waals surface area (Å²) in [5.74, 6) is 0.330. The number of nitrogens with zero attached hydrogens (tertiary/aromatic N) is 2. The van der Waals surface area contributed by atoms with Crippen molar-refractivity contribution in [3.05, 3.63) is 81.2 Å². The highest BCUT2D eigenvalue weighted by Gasteiger charge is 2.32. The fourth-order valence-electron chi connectivity index (χ4n) is 4.83. The molecule has 1 aliphatic carbocycles. The van der Waals surface area contributed by atoms with Gasteiger partial charge < -0.3 is 5.32 Å². The number of fused-ring (bicyclic) bond motifs is 2. The van der Waals surface area contributed by atoms with Gasteiger partial charge in [0.15, 0.2) is 0 Å². The van der Waals surface area contributed by atoms with Gasteiger partial charge in [0.25, 0.3) is 5.91 Å². The summed E-state index contributed by atoms with van der Waals surface area (Å²) < 4.78 is 0. The van der Waals surface area contributed by atoms with Crippen LogP contribution in [0.2, 0.25) is 5.02 Å². The molecule has 1 amide bonds. The molecule has 1 unspecified atom stereocenters. The molecule has 1 atom stereocenters. The first-order chi connectivity index (χ1) is 16.7. The molecular weight excluding hydrogens is 474 g/mol. The molecule has 0 bridgehead atoms. The number of carbonyl (C=O) groups is 1. The Bertz CT molecular complexity index is 1480. The molecule has 4 nitrogen and oxygen atoms in total. The number of hydrogen-bond donors (Lipinski definition) is 1. The van der Waals surface area contributed by atoms with Gasteiger partial charge in [-0.15, -0.1) is 11.3 Å². The number of rotatable bonds is 3. The predicted molar refractivity (Wildman–Crippen MR) is 144 cm³/mol. The molecule has 0 spiro atoms. The van der Waals surface area contributed by atoms with E-state index < -0.39 is 0 Å². The van der Waals surface area contributed by atoms with E-state index in [0.717, 1.165) is 41.3 Å². The SMILES string of the molecule is CC(C)(C)C1CCc2c(sc(NC(=O)c3cc(-c4ccc(Cl)cc4)nc4ccccc34)c2C#N)C1. The molecule has 1 N–H and O–H groups in total. The van der Waals surface area contributed by atoms with Crippen LogP contribution in [0.3, 0.4) is 0 Å². The molecule has 35 heavy (non-hydrogen) atoms. The molecule has 0 saturated carbocycles. The molecule has 0 radical (unpaired) electrons. The molecule has 0 saturated heterocycles. The number of pyridine rings is 1. The third-order valence-electron chi connectivity index (χ3n) is 6.93. The van der Waals surface area contributed by atoms with Crippen molar-refractivity contribution in [2.45, 2.75) is 40.0 Å². The monoisotopic (exact) mass is 499 g/mol. The van der Waals surface area contributed by atoms with Crippen molar-refractivity contribution in [2.75, 3.05) is 5.32 Å². The molecule has 2 aromatic carbocycles. The first-order valence-electron chi connectivity index (χ1n) is 11.8. The van der Waals surface area contributed by atoms with Crippen LogP contribution >= 0.6 is 22.9 Å². The average molecular weight is 500 g/mol. The zero-order valence-electron chi connectivity index (χ0n) is 20.0. The Morgan fingerprint density at radius 2 is 1.91 bits per heavy atom. The standard InChI is InChI=1S/C29H26ClN3OS/c1-29(2,3)18-10-13-21-23(16-31)28(35-26(21)14-18)33-27(34)22-15-25(17-8-11-19(30)12-9-17)32-24-7-5-4-6-20(22)24/h4-9,11-12,15,18H,10,13-14H2,1-3H3,(H,33,34). The highest BCUT2D eigenvalue weighted by atomic mass is 35.5. The first kappa shape index (κ1) is 23.5. The van der Waals surface area contributed by atoms with Crippen LogP contribution in [-0.2, 0) is 12.8 Å². The zero-order valence-corrected chi connectivity index (χ0v) is 21.6. The highest BCUT2D eigenvalue weighted by Crippen LogP contribution is 2.44. The molecule has 0 aliphatic heterocycles. The van der Waals surface area contributed by atoms with Crippen molar-refractivity contribution in [3.63, 3.8) is 0 Å². The molecule has 2 aromatic heterocycles. The van der Waals surface area contributed by atoms with Gasteiger partial charge in [-0.3, -0.25) is 4.79 Å². The quantitative estimate of drug-likeness (QED) is 0.311. The molecule has 1 aliphatic rings. The number of hydrogen-bond acceptors (Lipinski definition) is 4. The van der Waals surface area contributed by atoms with Crippen LogP contribution in [0.25, 0.3) is 22.2 Å². The zero-order chi connectivity index (χ0) is 24.7. The van der Waals surface area contributed by atoms with Crippen LogP contribution in [-0.4, -0.2) is 10.9 Å². The third kappa shape index (κ3) is 4.57.